The molecule has 1 saturated heterocycles. The summed E-state index contributed by atoms with van der Waals surface area (Å²) in [6.45, 7) is 5.60. The predicted octanol–water partition coefficient (Wildman–Crippen LogP) is 5.10. The zero-order valence-corrected chi connectivity index (χ0v) is 20.6. The molecule has 0 aliphatic carbocycles. The van der Waals surface area contributed by atoms with Gasteiger partial charge < -0.3 is 21.1 Å². The number of nitrogen functional groups attached to an aromatic ring is 1. The Bertz CT molecular complexity index is 1130. The SMILES string of the molecule is C[C@H](Oc1cc(-c2ccn(C3CCN(CCCN)CC3)n2)cnc1N)c1c(Cl)ccc(F)c1Cl. The minimum Gasteiger partial charge on any atom is -0.482 e. The molecule has 7 nitrogen and oxygen atoms in total. The molecular weight excluding hydrogens is 478 g/mol. The van der Waals surface area contributed by atoms with Gasteiger partial charge in [-0.05, 0) is 63.5 Å². The van der Waals surface area contributed by atoms with E-state index in [1.54, 1.807) is 19.2 Å². The fourth-order valence-corrected chi connectivity index (χ4v) is 4.95. The fraction of sp³-hybridized carbons (Fsp3) is 0.417. The van der Waals surface area contributed by atoms with Crippen molar-refractivity contribution in [3.05, 3.63) is 58.1 Å². The molecular formula is C24H29Cl2FN6O. The lowest BCUT2D eigenvalue weighted by molar-refractivity contribution is 0.179. The molecule has 0 amide bonds. The number of anilines is 1. The Morgan fingerprint density at radius 2 is 2.00 bits per heavy atom. The molecule has 182 valence electrons. The van der Waals surface area contributed by atoms with Crippen LogP contribution < -0.4 is 16.2 Å². The van der Waals surface area contributed by atoms with Crippen LogP contribution in [-0.4, -0.2) is 45.8 Å². The van der Waals surface area contributed by atoms with Crippen molar-refractivity contribution in [3.63, 3.8) is 0 Å². The summed E-state index contributed by atoms with van der Waals surface area (Å²) in [5.74, 6) is -0.000180. The maximum Gasteiger partial charge on any atom is 0.166 e. The second kappa shape index (κ2) is 10.9. The van der Waals surface area contributed by atoms with E-state index in [2.05, 4.69) is 9.88 Å². The monoisotopic (exact) mass is 506 g/mol. The third kappa shape index (κ3) is 5.46. The van der Waals surface area contributed by atoms with Gasteiger partial charge in [-0.15, -0.1) is 0 Å². The van der Waals surface area contributed by atoms with Gasteiger partial charge in [0.25, 0.3) is 0 Å². The van der Waals surface area contributed by atoms with Crippen molar-refractivity contribution in [2.75, 3.05) is 31.9 Å². The topological polar surface area (TPSA) is 95.2 Å². The third-order valence-electron chi connectivity index (χ3n) is 6.19. The van der Waals surface area contributed by atoms with E-state index in [9.17, 15) is 4.39 Å². The Morgan fingerprint density at radius 3 is 2.74 bits per heavy atom. The molecule has 1 atom stereocenters. The van der Waals surface area contributed by atoms with Gasteiger partial charge in [0.2, 0.25) is 0 Å². The van der Waals surface area contributed by atoms with Crippen molar-refractivity contribution in [2.45, 2.75) is 38.3 Å². The summed E-state index contributed by atoms with van der Waals surface area (Å²) >= 11 is 12.4. The highest BCUT2D eigenvalue weighted by atomic mass is 35.5. The number of rotatable bonds is 8. The molecule has 2 aromatic heterocycles. The Balaban J connectivity index is 1.48. The number of benzene rings is 1. The Kier molecular flexibility index (Phi) is 7.93. The zero-order valence-electron chi connectivity index (χ0n) is 19.1. The second-order valence-electron chi connectivity index (χ2n) is 8.52. The Labute approximate surface area is 208 Å². The van der Waals surface area contributed by atoms with Crippen LogP contribution in [0.25, 0.3) is 11.3 Å². The van der Waals surface area contributed by atoms with Crippen molar-refractivity contribution >= 4 is 29.0 Å². The summed E-state index contributed by atoms with van der Waals surface area (Å²) in [6, 6.07) is 6.77. The molecule has 1 aliphatic heterocycles. The van der Waals surface area contributed by atoms with E-state index in [1.807, 2.05) is 16.9 Å². The van der Waals surface area contributed by atoms with Gasteiger partial charge in [0.1, 0.15) is 11.9 Å². The van der Waals surface area contributed by atoms with Crippen LogP contribution in [0.15, 0.2) is 36.7 Å². The summed E-state index contributed by atoms with van der Waals surface area (Å²) in [5.41, 5.74) is 13.6. The van der Waals surface area contributed by atoms with Gasteiger partial charge in [0.15, 0.2) is 11.6 Å². The number of hydrogen-bond acceptors (Lipinski definition) is 6. The summed E-state index contributed by atoms with van der Waals surface area (Å²) in [5, 5.41) is 5.03. The van der Waals surface area contributed by atoms with Crippen molar-refractivity contribution in [1.29, 1.82) is 0 Å². The van der Waals surface area contributed by atoms with E-state index < -0.39 is 11.9 Å². The van der Waals surface area contributed by atoms with Crippen LogP contribution >= 0.6 is 23.2 Å². The van der Waals surface area contributed by atoms with E-state index in [0.717, 1.165) is 56.7 Å². The van der Waals surface area contributed by atoms with Gasteiger partial charge in [0.05, 0.1) is 16.8 Å². The van der Waals surface area contributed by atoms with E-state index >= 15 is 0 Å². The normalized spacial score (nSPS) is 16.0. The molecule has 0 radical (unpaired) electrons. The number of pyridine rings is 1. The molecule has 3 aromatic rings. The maximum atomic E-state index is 14.0. The van der Waals surface area contributed by atoms with Crippen LogP contribution in [0.1, 0.15) is 43.9 Å². The van der Waals surface area contributed by atoms with Crippen LogP contribution in [-0.2, 0) is 0 Å². The molecule has 34 heavy (non-hydrogen) atoms. The van der Waals surface area contributed by atoms with Gasteiger partial charge in [-0.1, -0.05) is 23.2 Å². The van der Waals surface area contributed by atoms with Crippen LogP contribution in [0.4, 0.5) is 10.2 Å². The maximum absolute atomic E-state index is 14.0. The lowest BCUT2D eigenvalue weighted by Crippen LogP contribution is -2.36. The van der Waals surface area contributed by atoms with Gasteiger partial charge in [0, 0.05) is 41.6 Å². The number of ether oxygens (including phenoxy) is 1. The van der Waals surface area contributed by atoms with Crippen molar-refractivity contribution in [1.82, 2.24) is 19.7 Å². The van der Waals surface area contributed by atoms with E-state index in [0.29, 0.717) is 22.4 Å². The van der Waals surface area contributed by atoms with Gasteiger partial charge >= 0.3 is 0 Å². The number of likely N-dealkylation sites (tertiary alicyclic amines) is 1. The van der Waals surface area contributed by atoms with Crippen LogP contribution in [0.3, 0.4) is 0 Å². The zero-order chi connectivity index (χ0) is 24.2. The third-order valence-corrected chi connectivity index (χ3v) is 6.90. The van der Waals surface area contributed by atoms with E-state index in [1.165, 1.54) is 12.1 Å². The molecule has 1 aromatic carbocycles. The predicted molar refractivity (Wildman–Crippen MR) is 134 cm³/mol. The average molecular weight is 507 g/mol. The van der Waals surface area contributed by atoms with Crippen molar-refractivity contribution < 1.29 is 9.13 Å². The minimum absolute atomic E-state index is 0.0736. The molecule has 10 heteroatoms. The van der Waals surface area contributed by atoms with Crippen LogP contribution in [0, 0.1) is 5.82 Å². The number of nitrogens with zero attached hydrogens (tertiary/aromatic N) is 4. The summed E-state index contributed by atoms with van der Waals surface area (Å²) in [7, 11) is 0. The van der Waals surface area contributed by atoms with Crippen LogP contribution in [0.2, 0.25) is 10.0 Å². The highest BCUT2D eigenvalue weighted by Gasteiger charge is 2.22. The second-order valence-corrected chi connectivity index (χ2v) is 9.31. The standard InChI is InChI=1S/C24H29Cl2FN6O/c1-15(22-18(25)3-4-19(27)23(22)26)34-21-13-16(14-30-24(21)29)20-7-12-33(31-20)17-5-10-32(11-6-17)9-2-8-28/h3-4,7,12-15,17H,2,5-6,8-11,28H2,1H3,(H2,29,30)/t15-/m0/s1. The largest absolute Gasteiger partial charge is 0.482 e. The lowest BCUT2D eigenvalue weighted by Gasteiger charge is -2.31. The van der Waals surface area contributed by atoms with E-state index in [4.69, 9.17) is 44.5 Å². The lowest BCUT2D eigenvalue weighted by atomic mass is 10.1. The molecule has 4 N–H and O–H groups in total. The smallest absolute Gasteiger partial charge is 0.166 e. The first kappa shape index (κ1) is 24.7. The fourth-order valence-electron chi connectivity index (χ4n) is 4.27. The summed E-state index contributed by atoms with van der Waals surface area (Å²) in [4.78, 5) is 6.73. The van der Waals surface area contributed by atoms with Gasteiger partial charge in [-0.25, -0.2) is 9.37 Å². The van der Waals surface area contributed by atoms with Gasteiger partial charge in [-0.3, -0.25) is 4.68 Å². The number of halogens is 3. The molecule has 1 fully saturated rings. The first-order valence-electron chi connectivity index (χ1n) is 11.4. The molecule has 0 bridgehead atoms. The number of aromatic nitrogens is 3. The Hall–Kier alpha value is -2.39. The summed E-state index contributed by atoms with van der Waals surface area (Å²) in [6.07, 6.45) is 6.15. The average Bonchev–Trinajstić information content (AvgIpc) is 3.32. The molecule has 1 aliphatic rings. The van der Waals surface area contributed by atoms with Crippen molar-refractivity contribution in [2.24, 2.45) is 5.73 Å². The number of piperidine rings is 1. The number of hydrogen-bond donors (Lipinski definition) is 2. The van der Waals surface area contributed by atoms with Crippen LogP contribution in [0.5, 0.6) is 5.75 Å². The van der Waals surface area contributed by atoms with E-state index in [-0.39, 0.29) is 10.8 Å². The highest BCUT2D eigenvalue weighted by Crippen LogP contribution is 2.37. The first-order valence-corrected chi connectivity index (χ1v) is 12.2. The molecule has 0 spiro atoms. The summed E-state index contributed by atoms with van der Waals surface area (Å²) < 4.78 is 22.0. The highest BCUT2D eigenvalue weighted by molar-refractivity contribution is 6.36. The minimum atomic E-state index is -0.642. The quantitative estimate of drug-likeness (QED) is 0.412. The Morgan fingerprint density at radius 1 is 1.24 bits per heavy atom. The van der Waals surface area contributed by atoms with Crippen molar-refractivity contribution in [3.8, 4) is 17.0 Å². The molecule has 3 heterocycles. The number of nitrogens with two attached hydrogens (primary N) is 2. The molecule has 0 saturated carbocycles. The first-order chi connectivity index (χ1) is 16.4. The molecule has 0 unspecified atom stereocenters. The molecule has 4 rings (SSSR count). The van der Waals surface area contributed by atoms with Gasteiger partial charge in [-0.2, -0.15) is 5.10 Å².